The largest absolute Gasteiger partial charge is 0.345 e. The summed E-state index contributed by atoms with van der Waals surface area (Å²) in [6.45, 7) is 12.0. The Morgan fingerprint density at radius 1 is 1.27 bits per heavy atom. The molecule has 0 aliphatic rings. The third-order valence-electron chi connectivity index (χ3n) is 1.41. The van der Waals surface area contributed by atoms with Crippen molar-refractivity contribution in [3.63, 3.8) is 0 Å². The third kappa shape index (κ3) is 7.74. The van der Waals surface area contributed by atoms with Gasteiger partial charge in [0.25, 0.3) is 0 Å². The van der Waals surface area contributed by atoms with Crippen LogP contribution < -0.4 is 0 Å². The van der Waals surface area contributed by atoms with E-state index in [0.29, 0.717) is 0 Å². The Balaban J connectivity index is 0. The number of imidazole rings is 1. The number of nitrogens with one attached hydrogen (secondary N) is 1. The Kier molecular flexibility index (Phi) is 13.6. The molecule has 1 aromatic heterocycles. The molecule has 0 fully saturated rings. The van der Waals surface area contributed by atoms with Crippen LogP contribution in [0.25, 0.3) is 5.57 Å². The Morgan fingerprint density at radius 3 is 2.27 bits per heavy atom. The molecule has 0 spiro atoms. The summed E-state index contributed by atoms with van der Waals surface area (Å²) in [4.78, 5) is 7.14. The molecule has 0 bridgehead atoms. The molecule has 0 atom stereocenters. The van der Waals surface area contributed by atoms with E-state index in [0.717, 1.165) is 11.4 Å². The van der Waals surface area contributed by atoms with Gasteiger partial charge in [0.1, 0.15) is 5.82 Å². The van der Waals surface area contributed by atoms with Crippen molar-refractivity contribution in [1.82, 2.24) is 9.97 Å². The molecule has 0 aromatic carbocycles. The van der Waals surface area contributed by atoms with Crippen LogP contribution in [0.2, 0.25) is 0 Å². The Morgan fingerprint density at radius 2 is 1.87 bits per heavy atom. The maximum Gasteiger partial charge on any atom is 0.132 e. The van der Waals surface area contributed by atoms with Crippen LogP contribution in [0, 0.1) is 0 Å². The van der Waals surface area contributed by atoms with Crippen molar-refractivity contribution in [2.45, 2.75) is 41.5 Å². The summed E-state index contributed by atoms with van der Waals surface area (Å²) < 4.78 is 0. The molecule has 1 N–H and O–H groups in total. The predicted molar refractivity (Wildman–Crippen MR) is 69.7 cm³/mol. The maximum atomic E-state index is 4.11. The van der Waals surface area contributed by atoms with E-state index < -0.39 is 0 Å². The highest BCUT2D eigenvalue weighted by molar-refractivity contribution is 5.58. The molecule has 2 nitrogen and oxygen atoms in total. The van der Waals surface area contributed by atoms with Crippen molar-refractivity contribution in [2.24, 2.45) is 0 Å². The zero-order chi connectivity index (χ0) is 12.1. The average molecular weight is 208 g/mol. The van der Waals surface area contributed by atoms with Gasteiger partial charge in [-0.2, -0.15) is 0 Å². The number of hydrogen-bond donors (Lipinski definition) is 1. The third-order valence-corrected chi connectivity index (χ3v) is 1.41. The van der Waals surface area contributed by atoms with Crippen LogP contribution in [-0.2, 0) is 0 Å². The number of aromatic nitrogens is 2. The van der Waals surface area contributed by atoms with Crippen molar-refractivity contribution in [1.29, 1.82) is 0 Å². The number of rotatable bonds is 2. The minimum absolute atomic E-state index is 0.933. The molecule has 0 amide bonds. The van der Waals surface area contributed by atoms with Gasteiger partial charge >= 0.3 is 0 Å². The lowest BCUT2D eigenvalue weighted by Gasteiger charge is -1.91. The Bertz CT molecular complexity index is 256. The standard InChI is InChI=1S/C9H12N2.2C2H6/c1-3-4-5-8(2)9-10-6-7-11-9;2*1-2/h3-7H,1-2H3,(H,10,11);2*1-2H3/b4-3-,8-5+;;. The molecule has 1 rings (SSSR count). The lowest BCUT2D eigenvalue weighted by atomic mass is 10.2. The molecule has 0 saturated heterocycles. The van der Waals surface area contributed by atoms with Crippen LogP contribution in [0.1, 0.15) is 47.4 Å². The van der Waals surface area contributed by atoms with Gasteiger partial charge in [-0.05, 0) is 19.4 Å². The van der Waals surface area contributed by atoms with E-state index in [-0.39, 0.29) is 0 Å². The summed E-state index contributed by atoms with van der Waals surface area (Å²) in [5.41, 5.74) is 1.15. The zero-order valence-electron chi connectivity index (χ0n) is 10.8. The molecule has 1 aromatic rings. The fourth-order valence-corrected chi connectivity index (χ4v) is 0.800. The fraction of sp³-hybridized carbons (Fsp3) is 0.462. The molecule has 86 valence electrons. The first-order valence-electron chi connectivity index (χ1n) is 5.64. The first kappa shape index (κ1) is 16.1. The van der Waals surface area contributed by atoms with Gasteiger partial charge in [-0.25, -0.2) is 4.98 Å². The van der Waals surface area contributed by atoms with E-state index in [4.69, 9.17) is 0 Å². The average Bonchev–Trinajstić information content (AvgIpc) is 2.85. The van der Waals surface area contributed by atoms with Crippen LogP contribution in [-0.4, -0.2) is 9.97 Å². The lowest BCUT2D eigenvalue weighted by Crippen LogP contribution is -1.80. The molecule has 1 heterocycles. The molecular formula is C13H24N2. The number of aromatic amines is 1. The van der Waals surface area contributed by atoms with Gasteiger partial charge in [-0.3, -0.25) is 0 Å². The summed E-state index contributed by atoms with van der Waals surface area (Å²) in [6.07, 6.45) is 9.59. The van der Waals surface area contributed by atoms with Crippen molar-refractivity contribution in [2.75, 3.05) is 0 Å². The van der Waals surface area contributed by atoms with Gasteiger partial charge in [-0.15, -0.1) is 0 Å². The monoisotopic (exact) mass is 208 g/mol. The Hall–Kier alpha value is -1.31. The maximum absolute atomic E-state index is 4.11. The van der Waals surface area contributed by atoms with Gasteiger partial charge in [0, 0.05) is 12.4 Å². The van der Waals surface area contributed by atoms with Crippen LogP contribution in [0.15, 0.2) is 30.6 Å². The molecule has 0 unspecified atom stereocenters. The smallest absolute Gasteiger partial charge is 0.132 e. The zero-order valence-corrected chi connectivity index (χ0v) is 10.8. The molecule has 0 radical (unpaired) electrons. The quantitative estimate of drug-likeness (QED) is 0.715. The summed E-state index contributed by atoms with van der Waals surface area (Å²) in [6, 6.07) is 0. The van der Waals surface area contributed by atoms with Crippen molar-refractivity contribution < 1.29 is 0 Å². The van der Waals surface area contributed by atoms with Crippen molar-refractivity contribution in [3.8, 4) is 0 Å². The van der Waals surface area contributed by atoms with E-state index in [2.05, 4.69) is 9.97 Å². The molecular weight excluding hydrogens is 184 g/mol. The van der Waals surface area contributed by atoms with Gasteiger partial charge < -0.3 is 4.98 Å². The van der Waals surface area contributed by atoms with Gasteiger partial charge in [0.15, 0.2) is 0 Å². The van der Waals surface area contributed by atoms with E-state index in [1.54, 1.807) is 6.20 Å². The first-order chi connectivity index (χ1) is 7.34. The normalized spacial score (nSPS) is 10.1. The highest BCUT2D eigenvalue weighted by Crippen LogP contribution is 2.06. The highest BCUT2D eigenvalue weighted by Gasteiger charge is 1.93. The van der Waals surface area contributed by atoms with Crippen LogP contribution in [0.3, 0.4) is 0 Å². The number of hydrogen-bond acceptors (Lipinski definition) is 1. The first-order valence-corrected chi connectivity index (χ1v) is 5.64. The van der Waals surface area contributed by atoms with E-state index >= 15 is 0 Å². The minimum atomic E-state index is 0.933. The molecule has 0 aliphatic heterocycles. The van der Waals surface area contributed by atoms with E-state index in [1.165, 1.54) is 0 Å². The van der Waals surface area contributed by atoms with Crippen LogP contribution in [0.4, 0.5) is 0 Å². The fourth-order valence-electron chi connectivity index (χ4n) is 0.800. The number of nitrogens with zero attached hydrogens (tertiary/aromatic N) is 1. The second-order valence-corrected chi connectivity index (χ2v) is 2.31. The minimum Gasteiger partial charge on any atom is -0.345 e. The van der Waals surface area contributed by atoms with Gasteiger partial charge in [0.05, 0.1) is 0 Å². The van der Waals surface area contributed by atoms with Crippen LogP contribution in [0.5, 0.6) is 0 Å². The van der Waals surface area contributed by atoms with Gasteiger partial charge in [-0.1, -0.05) is 45.9 Å². The Labute approximate surface area is 94.1 Å². The molecule has 2 heteroatoms. The van der Waals surface area contributed by atoms with Crippen molar-refractivity contribution >= 4 is 5.57 Å². The summed E-state index contributed by atoms with van der Waals surface area (Å²) >= 11 is 0. The van der Waals surface area contributed by atoms with E-state index in [1.807, 2.05) is 66.0 Å². The van der Waals surface area contributed by atoms with Gasteiger partial charge in [0.2, 0.25) is 0 Å². The summed E-state index contributed by atoms with van der Waals surface area (Å²) in [5, 5.41) is 0. The van der Waals surface area contributed by atoms with Crippen LogP contribution >= 0.6 is 0 Å². The van der Waals surface area contributed by atoms with E-state index in [9.17, 15) is 0 Å². The number of allylic oxidation sites excluding steroid dienone is 4. The second kappa shape index (κ2) is 12.7. The second-order valence-electron chi connectivity index (χ2n) is 2.31. The summed E-state index contributed by atoms with van der Waals surface area (Å²) in [5.74, 6) is 0.933. The molecule has 0 saturated carbocycles. The SMILES string of the molecule is C/C=C\C=C(/C)c1ncc[nH]1.CC.CC. The lowest BCUT2D eigenvalue weighted by molar-refractivity contribution is 1.23. The predicted octanol–water partition coefficient (Wildman–Crippen LogP) is 4.44. The molecule has 0 aliphatic carbocycles. The molecule has 15 heavy (non-hydrogen) atoms. The topological polar surface area (TPSA) is 28.7 Å². The van der Waals surface area contributed by atoms with Crippen molar-refractivity contribution in [3.05, 3.63) is 36.4 Å². The summed E-state index contributed by atoms with van der Waals surface area (Å²) in [7, 11) is 0. The highest BCUT2D eigenvalue weighted by atomic mass is 14.9. The number of H-pyrrole nitrogens is 1.